The molecule has 0 saturated carbocycles. The molecule has 0 bridgehead atoms. The number of aromatic nitrogens is 1. The van der Waals surface area contributed by atoms with Crippen molar-refractivity contribution in [2.24, 2.45) is 0 Å². The minimum absolute atomic E-state index is 0.0395. The second-order valence-corrected chi connectivity index (χ2v) is 8.01. The Morgan fingerprint density at radius 3 is 2.50 bits per heavy atom. The van der Waals surface area contributed by atoms with Crippen LogP contribution >= 0.6 is 11.3 Å². The van der Waals surface area contributed by atoms with Gasteiger partial charge in [-0.25, -0.2) is 4.98 Å². The Bertz CT molecular complexity index is 899. The second-order valence-electron chi connectivity index (χ2n) is 7.17. The molecule has 1 aliphatic rings. The highest BCUT2D eigenvalue weighted by molar-refractivity contribution is 7.14. The first-order valence-corrected chi connectivity index (χ1v) is 10.8. The molecule has 1 aliphatic heterocycles. The monoisotopic (exact) mass is 391 g/mol. The largest absolute Gasteiger partial charge is 0.348 e. The first-order chi connectivity index (χ1) is 13.8. The average molecular weight is 392 g/mol. The summed E-state index contributed by atoms with van der Waals surface area (Å²) in [5.74, 6) is 0.0395. The van der Waals surface area contributed by atoms with Crippen LogP contribution in [0.1, 0.15) is 31.2 Å². The van der Waals surface area contributed by atoms with Gasteiger partial charge in [0.25, 0.3) is 0 Å². The van der Waals surface area contributed by atoms with Crippen molar-refractivity contribution in [3.63, 3.8) is 0 Å². The van der Waals surface area contributed by atoms with Gasteiger partial charge < -0.3 is 10.2 Å². The number of carbonyl (C=O) groups is 1. The lowest BCUT2D eigenvalue weighted by Crippen LogP contribution is -2.29. The standard InChI is InChI=1S/C23H25N3OS/c27-22(14-9-18-7-3-1-4-8-18)24-20-12-10-19(11-13-20)21-17-28-23(25-21)26-15-5-2-6-16-26/h1,3-4,7-8,10-13,17H,2,5-6,9,14-16H2,(H,24,27). The van der Waals surface area contributed by atoms with Gasteiger partial charge in [0.2, 0.25) is 5.91 Å². The summed E-state index contributed by atoms with van der Waals surface area (Å²) < 4.78 is 0. The summed E-state index contributed by atoms with van der Waals surface area (Å²) in [7, 11) is 0. The van der Waals surface area contributed by atoms with Crippen LogP contribution in [0.4, 0.5) is 10.8 Å². The van der Waals surface area contributed by atoms with Crippen LogP contribution in [0.3, 0.4) is 0 Å². The van der Waals surface area contributed by atoms with Crippen molar-refractivity contribution in [1.82, 2.24) is 4.98 Å². The molecule has 5 heteroatoms. The number of hydrogen-bond acceptors (Lipinski definition) is 4. The molecule has 1 N–H and O–H groups in total. The SMILES string of the molecule is O=C(CCc1ccccc1)Nc1ccc(-c2csc(N3CCCCC3)n2)cc1. The number of nitrogens with zero attached hydrogens (tertiary/aromatic N) is 2. The molecule has 0 radical (unpaired) electrons. The number of amides is 1. The van der Waals surface area contributed by atoms with Crippen LogP contribution in [-0.2, 0) is 11.2 Å². The van der Waals surface area contributed by atoms with Crippen LogP contribution in [0.5, 0.6) is 0 Å². The van der Waals surface area contributed by atoms with Gasteiger partial charge in [-0.3, -0.25) is 4.79 Å². The quantitative estimate of drug-likeness (QED) is 0.614. The molecule has 2 heterocycles. The van der Waals surface area contributed by atoms with Gasteiger partial charge in [0.15, 0.2) is 5.13 Å². The molecular weight excluding hydrogens is 366 g/mol. The van der Waals surface area contributed by atoms with E-state index in [2.05, 4.69) is 15.6 Å². The second kappa shape index (κ2) is 9.02. The normalized spacial score (nSPS) is 14.1. The van der Waals surface area contributed by atoms with Gasteiger partial charge in [-0.15, -0.1) is 11.3 Å². The number of nitrogens with one attached hydrogen (secondary N) is 1. The number of benzene rings is 2. The number of anilines is 2. The summed E-state index contributed by atoms with van der Waals surface area (Å²) in [5, 5.41) is 6.22. The third kappa shape index (κ3) is 4.78. The zero-order chi connectivity index (χ0) is 19.2. The molecule has 0 atom stereocenters. The minimum Gasteiger partial charge on any atom is -0.348 e. The Balaban J connectivity index is 1.33. The highest BCUT2D eigenvalue weighted by atomic mass is 32.1. The van der Waals surface area contributed by atoms with Crippen LogP contribution in [0.15, 0.2) is 60.0 Å². The summed E-state index contributed by atoms with van der Waals surface area (Å²) in [4.78, 5) is 19.4. The van der Waals surface area contributed by atoms with E-state index in [1.54, 1.807) is 11.3 Å². The molecule has 4 nitrogen and oxygen atoms in total. The van der Waals surface area contributed by atoms with E-state index < -0.39 is 0 Å². The van der Waals surface area contributed by atoms with Gasteiger partial charge in [-0.1, -0.05) is 42.5 Å². The molecular formula is C23H25N3OS. The number of hydrogen-bond donors (Lipinski definition) is 1. The van der Waals surface area contributed by atoms with Crippen LogP contribution < -0.4 is 10.2 Å². The molecule has 1 saturated heterocycles. The number of aryl methyl sites for hydroxylation is 1. The molecule has 0 spiro atoms. The number of rotatable bonds is 6. The highest BCUT2D eigenvalue weighted by Crippen LogP contribution is 2.29. The van der Waals surface area contributed by atoms with Gasteiger partial charge in [0.05, 0.1) is 5.69 Å². The number of carbonyl (C=O) groups excluding carboxylic acids is 1. The van der Waals surface area contributed by atoms with Crippen molar-refractivity contribution < 1.29 is 4.79 Å². The van der Waals surface area contributed by atoms with E-state index >= 15 is 0 Å². The number of thiazole rings is 1. The molecule has 3 aromatic rings. The minimum atomic E-state index is 0.0395. The van der Waals surface area contributed by atoms with Crippen LogP contribution in [0, 0.1) is 0 Å². The lowest BCUT2D eigenvalue weighted by molar-refractivity contribution is -0.116. The molecule has 1 aromatic heterocycles. The van der Waals surface area contributed by atoms with E-state index in [0.717, 1.165) is 41.6 Å². The summed E-state index contributed by atoms with van der Waals surface area (Å²) in [5.41, 5.74) is 4.10. The molecule has 28 heavy (non-hydrogen) atoms. The van der Waals surface area contributed by atoms with E-state index in [0.29, 0.717) is 6.42 Å². The van der Waals surface area contributed by atoms with Crippen molar-refractivity contribution in [1.29, 1.82) is 0 Å². The fourth-order valence-electron chi connectivity index (χ4n) is 3.48. The highest BCUT2D eigenvalue weighted by Gasteiger charge is 2.15. The van der Waals surface area contributed by atoms with E-state index in [9.17, 15) is 4.79 Å². The Morgan fingerprint density at radius 2 is 1.75 bits per heavy atom. The van der Waals surface area contributed by atoms with Crippen molar-refractivity contribution in [2.75, 3.05) is 23.3 Å². The Morgan fingerprint density at radius 1 is 1.00 bits per heavy atom. The fraction of sp³-hybridized carbons (Fsp3) is 0.304. The van der Waals surface area contributed by atoms with Gasteiger partial charge in [-0.2, -0.15) is 0 Å². The average Bonchev–Trinajstić information content (AvgIpc) is 3.25. The zero-order valence-corrected chi connectivity index (χ0v) is 16.8. The van der Waals surface area contributed by atoms with E-state index in [1.165, 1.54) is 24.8 Å². The van der Waals surface area contributed by atoms with Gasteiger partial charge in [-0.05, 0) is 43.4 Å². The summed E-state index contributed by atoms with van der Waals surface area (Å²) in [6.45, 7) is 2.22. The Kier molecular flexibility index (Phi) is 6.02. The van der Waals surface area contributed by atoms with Crippen molar-refractivity contribution in [3.05, 3.63) is 65.5 Å². The first kappa shape index (κ1) is 18.7. The van der Waals surface area contributed by atoms with Crippen LogP contribution in [0.25, 0.3) is 11.3 Å². The summed E-state index contributed by atoms with van der Waals surface area (Å²) in [6, 6.07) is 18.1. The molecule has 0 unspecified atom stereocenters. The smallest absolute Gasteiger partial charge is 0.224 e. The van der Waals surface area contributed by atoms with Crippen molar-refractivity contribution >= 4 is 28.1 Å². The lowest BCUT2D eigenvalue weighted by Gasteiger charge is -2.25. The van der Waals surface area contributed by atoms with Gasteiger partial charge in [0, 0.05) is 36.1 Å². The van der Waals surface area contributed by atoms with E-state index in [1.807, 2.05) is 54.6 Å². The molecule has 0 aliphatic carbocycles. The fourth-order valence-corrected chi connectivity index (χ4v) is 4.37. The van der Waals surface area contributed by atoms with Gasteiger partial charge >= 0.3 is 0 Å². The van der Waals surface area contributed by atoms with Crippen molar-refractivity contribution in [3.8, 4) is 11.3 Å². The molecule has 144 valence electrons. The van der Waals surface area contributed by atoms with E-state index in [4.69, 9.17) is 4.98 Å². The Hall–Kier alpha value is -2.66. The third-order valence-electron chi connectivity index (χ3n) is 5.07. The van der Waals surface area contributed by atoms with E-state index in [-0.39, 0.29) is 5.91 Å². The maximum Gasteiger partial charge on any atom is 0.224 e. The van der Waals surface area contributed by atoms with Crippen LogP contribution in [-0.4, -0.2) is 24.0 Å². The summed E-state index contributed by atoms with van der Waals surface area (Å²) >= 11 is 1.72. The molecule has 1 amide bonds. The summed E-state index contributed by atoms with van der Waals surface area (Å²) in [6.07, 6.45) is 5.08. The number of piperidine rings is 1. The first-order valence-electron chi connectivity index (χ1n) is 9.93. The topological polar surface area (TPSA) is 45.2 Å². The van der Waals surface area contributed by atoms with Crippen molar-refractivity contribution in [2.45, 2.75) is 32.1 Å². The van der Waals surface area contributed by atoms with Gasteiger partial charge in [0.1, 0.15) is 0 Å². The molecule has 1 fully saturated rings. The lowest BCUT2D eigenvalue weighted by atomic mass is 10.1. The molecule has 4 rings (SSSR count). The third-order valence-corrected chi connectivity index (χ3v) is 5.97. The maximum atomic E-state index is 12.2. The zero-order valence-electron chi connectivity index (χ0n) is 15.9. The van der Waals surface area contributed by atoms with Crippen LogP contribution in [0.2, 0.25) is 0 Å². The maximum absolute atomic E-state index is 12.2. The molecule has 2 aromatic carbocycles. The predicted octanol–water partition coefficient (Wildman–Crippen LogP) is 5.37. The predicted molar refractivity (Wildman–Crippen MR) is 117 cm³/mol. The Labute approximate surface area is 170 Å².